The zero-order valence-electron chi connectivity index (χ0n) is 19.4. The van der Waals surface area contributed by atoms with E-state index in [1.807, 2.05) is 11.9 Å². The van der Waals surface area contributed by atoms with Crippen molar-refractivity contribution in [3.05, 3.63) is 69.8 Å². The summed E-state index contributed by atoms with van der Waals surface area (Å²) in [5.74, 6) is -4.29. The Bertz CT molecular complexity index is 1220. The van der Waals surface area contributed by atoms with Crippen LogP contribution in [0.3, 0.4) is 0 Å². The van der Waals surface area contributed by atoms with Gasteiger partial charge in [0.1, 0.15) is 0 Å². The number of hydrogen-bond donors (Lipinski definition) is 2. The molecule has 2 N–H and O–H groups in total. The second-order valence-electron chi connectivity index (χ2n) is 8.67. The van der Waals surface area contributed by atoms with E-state index in [1.165, 1.54) is 36.4 Å². The van der Waals surface area contributed by atoms with Crippen molar-refractivity contribution in [3.63, 3.8) is 0 Å². The average Bonchev–Trinajstić information content (AvgIpc) is 3.23. The van der Waals surface area contributed by atoms with Gasteiger partial charge in [0.25, 0.3) is 23.6 Å². The third kappa shape index (κ3) is 4.48. The van der Waals surface area contributed by atoms with Crippen molar-refractivity contribution in [3.8, 4) is 0 Å². The number of benzene rings is 2. The number of carboxylic acids is 2. The van der Waals surface area contributed by atoms with Gasteiger partial charge in [-0.15, -0.1) is 0 Å². The number of rotatable bonds is 10. The van der Waals surface area contributed by atoms with Crippen molar-refractivity contribution in [2.45, 2.75) is 12.8 Å². The van der Waals surface area contributed by atoms with Gasteiger partial charge in [-0.05, 0) is 69.4 Å². The average molecular weight is 493 g/mol. The third-order valence-electron chi connectivity index (χ3n) is 6.28. The largest absolute Gasteiger partial charge is 0.478 e. The molecule has 2 aromatic rings. The van der Waals surface area contributed by atoms with Crippen molar-refractivity contribution in [2.24, 2.45) is 0 Å². The van der Waals surface area contributed by atoms with Crippen LogP contribution in [-0.2, 0) is 0 Å². The molecule has 0 bridgehead atoms. The number of aromatic carboxylic acids is 2. The van der Waals surface area contributed by atoms with E-state index in [2.05, 4.69) is 0 Å². The Morgan fingerprint density at radius 3 is 1.39 bits per heavy atom. The van der Waals surface area contributed by atoms with Crippen LogP contribution in [0.5, 0.6) is 0 Å². The van der Waals surface area contributed by atoms with E-state index in [9.17, 15) is 28.8 Å². The Labute approximate surface area is 205 Å². The number of carbonyl (C=O) groups is 6. The summed E-state index contributed by atoms with van der Waals surface area (Å²) < 4.78 is 0. The molecule has 2 aliphatic rings. The summed E-state index contributed by atoms with van der Waals surface area (Å²) in [7, 11) is 1.84. The summed E-state index contributed by atoms with van der Waals surface area (Å²) in [6, 6.07) is 7.73. The van der Waals surface area contributed by atoms with Gasteiger partial charge in [-0.1, -0.05) is 0 Å². The van der Waals surface area contributed by atoms with Gasteiger partial charge < -0.3 is 15.1 Å². The first kappa shape index (κ1) is 24.7. The molecule has 2 heterocycles. The quantitative estimate of drug-likeness (QED) is 0.471. The SMILES string of the molecule is CN(CCCN1C(=O)c2ccc(C(=O)O)cc2C1=O)CCCN1C(=O)c2ccc(C(=O)O)cc2C1=O. The van der Waals surface area contributed by atoms with Gasteiger partial charge in [0.05, 0.1) is 33.4 Å². The second-order valence-corrected chi connectivity index (χ2v) is 8.67. The zero-order valence-corrected chi connectivity index (χ0v) is 19.4. The molecule has 0 fully saturated rings. The molecule has 0 aromatic heterocycles. The third-order valence-corrected chi connectivity index (χ3v) is 6.28. The van der Waals surface area contributed by atoms with Gasteiger partial charge >= 0.3 is 11.9 Å². The molecule has 0 radical (unpaired) electrons. The Balaban J connectivity index is 1.25. The van der Waals surface area contributed by atoms with E-state index in [4.69, 9.17) is 10.2 Å². The maximum Gasteiger partial charge on any atom is 0.335 e. The molecule has 0 aliphatic carbocycles. The molecule has 0 unspecified atom stereocenters. The highest BCUT2D eigenvalue weighted by atomic mass is 16.4. The molecular weight excluding hydrogens is 470 g/mol. The van der Waals surface area contributed by atoms with E-state index in [0.717, 1.165) is 9.80 Å². The zero-order chi connectivity index (χ0) is 26.1. The fraction of sp³-hybridized carbons (Fsp3) is 0.280. The lowest BCUT2D eigenvalue weighted by Gasteiger charge is -2.20. The minimum atomic E-state index is -1.18. The van der Waals surface area contributed by atoms with Crippen LogP contribution in [0.4, 0.5) is 0 Å². The summed E-state index contributed by atoms with van der Waals surface area (Å²) in [6.45, 7) is 1.42. The van der Waals surface area contributed by atoms with Crippen molar-refractivity contribution >= 4 is 35.6 Å². The summed E-state index contributed by atoms with van der Waals surface area (Å²) in [5.41, 5.74) is 0.438. The van der Waals surface area contributed by atoms with Gasteiger partial charge in [0.15, 0.2) is 0 Å². The van der Waals surface area contributed by atoms with E-state index >= 15 is 0 Å². The van der Waals surface area contributed by atoms with Crippen LogP contribution in [0, 0.1) is 0 Å². The van der Waals surface area contributed by atoms with E-state index < -0.39 is 35.6 Å². The van der Waals surface area contributed by atoms with Gasteiger partial charge in [-0.25, -0.2) is 9.59 Å². The predicted molar refractivity (Wildman–Crippen MR) is 124 cm³/mol. The van der Waals surface area contributed by atoms with Crippen LogP contribution in [0.2, 0.25) is 0 Å². The number of amides is 4. The molecule has 186 valence electrons. The highest BCUT2D eigenvalue weighted by Gasteiger charge is 2.36. The maximum atomic E-state index is 12.6. The Morgan fingerprint density at radius 1 is 0.667 bits per heavy atom. The van der Waals surface area contributed by atoms with Crippen LogP contribution in [-0.4, -0.2) is 93.7 Å². The predicted octanol–water partition coefficient (Wildman–Crippen LogP) is 1.69. The van der Waals surface area contributed by atoms with Crippen LogP contribution < -0.4 is 0 Å². The first-order chi connectivity index (χ1) is 17.1. The molecule has 2 aromatic carbocycles. The van der Waals surface area contributed by atoms with Crippen molar-refractivity contribution < 1.29 is 39.0 Å². The second kappa shape index (κ2) is 9.70. The van der Waals surface area contributed by atoms with Gasteiger partial charge in [-0.3, -0.25) is 29.0 Å². The fourth-order valence-electron chi connectivity index (χ4n) is 4.36. The van der Waals surface area contributed by atoms with Crippen LogP contribution in [0.1, 0.15) is 75.0 Å². The maximum absolute atomic E-state index is 12.6. The molecule has 11 heteroatoms. The number of nitrogens with zero attached hydrogens (tertiary/aromatic N) is 3. The minimum Gasteiger partial charge on any atom is -0.478 e. The molecule has 4 rings (SSSR count). The van der Waals surface area contributed by atoms with Gasteiger partial charge in [-0.2, -0.15) is 0 Å². The van der Waals surface area contributed by atoms with Crippen LogP contribution in [0.25, 0.3) is 0 Å². The summed E-state index contributed by atoms with van der Waals surface area (Å²) in [4.78, 5) is 76.7. The standard InChI is InChI=1S/C25H23N3O8/c1-26(8-2-10-27-20(29)16-6-4-14(24(33)34)12-18(16)22(27)31)9-3-11-28-21(30)17-7-5-15(25(35)36)13-19(17)23(28)32/h4-7,12-13H,2-3,8-11H2,1H3,(H,33,34)(H,35,36). The number of hydrogen-bond acceptors (Lipinski definition) is 7. The number of imide groups is 2. The van der Waals surface area contributed by atoms with Gasteiger partial charge in [0, 0.05) is 13.1 Å². The number of carboxylic acid groups (broad SMARTS) is 2. The normalized spacial score (nSPS) is 14.6. The van der Waals surface area contributed by atoms with Gasteiger partial charge in [0.2, 0.25) is 0 Å². The minimum absolute atomic E-state index is 0.0585. The molecule has 2 aliphatic heterocycles. The van der Waals surface area contributed by atoms with Crippen molar-refractivity contribution in [1.82, 2.24) is 14.7 Å². The lowest BCUT2D eigenvalue weighted by molar-refractivity contribution is 0.0639. The first-order valence-corrected chi connectivity index (χ1v) is 11.3. The molecule has 0 saturated heterocycles. The molecule has 0 atom stereocenters. The summed E-state index contributed by atoms with van der Waals surface area (Å²) in [5, 5.41) is 18.2. The van der Waals surface area contributed by atoms with E-state index in [1.54, 1.807) is 0 Å². The molecule has 11 nitrogen and oxygen atoms in total. The van der Waals surface area contributed by atoms with Crippen molar-refractivity contribution in [1.29, 1.82) is 0 Å². The highest BCUT2D eigenvalue weighted by molar-refractivity contribution is 6.22. The monoisotopic (exact) mass is 493 g/mol. The number of carbonyl (C=O) groups excluding carboxylic acids is 4. The summed E-state index contributed by atoms with van der Waals surface area (Å²) in [6.07, 6.45) is 0.970. The first-order valence-electron chi connectivity index (χ1n) is 11.3. The van der Waals surface area contributed by atoms with Crippen LogP contribution >= 0.6 is 0 Å². The topological polar surface area (TPSA) is 153 Å². The molecular formula is C25H23N3O8. The van der Waals surface area contributed by atoms with E-state index in [-0.39, 0.29) is 46.5 Å². The van der Waals surface area contributed by atoms with Crippen LogP contribution in [0.15, 0.2) is 36.4 Å². The Kier molecular flexibility index (Phi) is 6.67. The fourth-order valence-corrected chi connectivity index (χ4v) is 4.36. The number of fused-ring (bicyclic) bond motifs is 2. The Hall–Kier alpha value is -4.38. The smallest absolute Gasteiger partial charge is 0.335 e. The molecule has 36 heavy (non-hydrogen) atoms. The van der Waals surface area contributed by atoms with Crippen molar-refractivity contribution in [2.75, 3.05) is 33.2 Å². The molecule has 4 amide bonds. The van der Waals surface area contributed by atoms with E-state index in [0.29, 0.717) is 25.9 Å². The lowest BCUT2D eigenvalue weighted by atomic mass is 10.1. The Morgan fingerprint density at radius 2 is 1.03 bits per heavy atom. The highest BCUT2D eigenvalue weighted by Crippen LogP contribution is 2.25. The lowest BCUT2D eigenvalue weighted by Crippen LogP contribution is -2.34. The molecule has 0 spiro atoms. The summed E-state index contributed by atoms with van der Waals surface area (Å²) >= 11 is 0. The molecule has 0 saturated carbocycles.